The summed E-state index contributed by atoms with van der Waals surface area (Å²) in [5, 5.41) is 0. The number of hydrogen-bond acceptors (Lipinski definition) is 3. The molecule has 3 nitrogen and oxygen atoms in total. The normalized spacial score (nSPS) is 21.1. The lowest BCUT2D eigenvalue weighted by molar-refractivity contribution is 0.00912. The van der Waals surface area contributed by atoms with Gasteiger partial charge < -0.3 is 15.2 Å². The van der Waals surface area contributed by atoms with E-state index in [2.05, 4.69) is 19.1 Å². The fourth-order valence-corrected chi connectivity index (χ4v) is 2.70. The number of aryl methyl sites for hydroxylation is 1. The topological polar surface area (TPSA) is 44.5 Å². The number of ether oxygens (including phenoxy) is 2. The van der Waals surface area contributed by atoms with E-state index in [1.54, 1.807) is 7.11 Å². The standard InChI is InChI=1S/C16H25NO2/c1-12-11-13(6-9-16(12)18-2)15(17)8-7-14-5-3-4-10-19-14/h6,9,11,14-15H,3-5,7-8,10,17H2,1-2H3. The Bertz CT molecular complexity index is 400. The Kier molecular flexibility index (Phi) is 5.23. The molecule has 1 aliphatic rings. The lowest BCUT2D eigenvalue weighted by Gasteiger charge is -2.24. The van der Waals surface area contributed by atoms with Crippen molar-refractivity contribution in [2.45, 2.75) is 51.2 Å². The third kappa shape index (κ3) is 3.95. The zero-order valence-corrected chi connectivity index (χ0v) is 12.0. The van der Waals surface area contributed by atoms with Crippen molar-refractivity contribution < 1.29 is 9.47 Å². The SMILES string of the molecule is COc1ccc(C(N)CCC2CCCCO2)cc1C. The van der Waals surface area contributed by atoms with Crippen LogP contribution in [0.25, 0.3) is 0 Å². The first-order chi connectivity index (χ1) is 9.20. The van der Waals surface area contributed by atoms with Gasteiger partial charge >= 0.3 is 0 Å². The van der Waals surface area contributed by atoms with Crippen molar-refractivity contribution in [2.24, 2.45) is 5.73 Å². The number of rotatable bonds is 5. The van der Waals surface area contributed by atoms with E-state index >= 15 is 0 Å². The Morgan fingerprint density at radius 2 is 2.26 bits per heavy atom. The molecule has 1 fully saturated rings. The zero-order chi connectivity index (χ0) is 13.7. The molecule has 106 valence electrons. The van der Waals surface area contributed by atoms with Crippen LogP contribution in [0.3, 0.4) is 0 Å². The Morgan fingerprint density at radius 1 is 1.42 bits per heavy atom. The van der Waals surface area contributed by atoms with Gasteiger partial charge in [-0.1, -0.05) is 12.1 Å². The van der Waals surface area contributed by atoms with Gasteiger partial charge in [0, 0.05) is 12.6 Å². The van der Waals surface area contributed by atoms with Crippen LogP contribution in [0.4, 0.5) is 0 Å². The minimum Gasteiger partial charge on any atom is -0.496 e. The van der Waals surface area contributed by atoms with Crippen LogP contribution in [-0.2, 0) is 4.74 Å². The predicted molar refractivity (Wildman–Crippen MR) is 77.5 cm³/mol. The smallest absolute Gasteiger partial charge is 0.121 e. The molecule has 0 radical (unpaired) electrons. The van der Waals surface area contributed by atoms with Crippen LogP contribution in [0.1, 0.15) is 49.3 Å². The summed E-state index contributed by atoms with van der Waals surface area (Å²) >= 11 is 0. The second-order valence-electron chi connectivity index (χ2n) is 5.40. The quantitative estimate of drug-likeness (QED) is 0.886. The maximum Gasteiger partial charge on any atom is 0.121 e. The molecule has 19 heavy (non-hydrogen) atoms. The second kappa shape index (κ2) is 6.92. The highest BCUT2D eigenvalue weighted by molar-refractivity contribution is 5.37. The van der Waals surface area contributed by atoms with Crippen molar-refractivity contribution in [2.75, 3.05) is 13.7 Å². The van der Waals surface area contributed by atoms with E-state index in [4.69, 9.17) is 15.2 Å². The zero-order valence-electron chi connectivity index (χ0n) is 12.0. The van der Waals surface area contributed by atoms with Crippen LogP contribution < -0.4 is 10.5 Å². The van der Waals surface area contributed by atoms with Crippen LogP contribution in [-0.4, -0.2) is 19.8 Å². The highest BCUT2D eigenvalue weighted by Gasteiger charge is 2.16. The summed E-state index contributed by atoms with van der Waals surface area (Å²) in [4.78, 5) is 0. The van der Waals surface area contributed by atoms with Crippen LogP contribution in [0.2, 0.25) is 0 Å². The maximum atomic E-state index is 6.28. The van der Waals surface area contributed by atoms with Crippen LogP contribution in [0.15, 0.2) is 18.2 Å². The third-order valence-electron chi connectivity index (χ3n) is 3.92. The van der Waals surface area contributed by atoms with E-state index in [0.29, 0.717) is 6.10 Å². The van der Waals surface area contributed by atoms with Crippen molar-refractivity contribution >= 4 is 0 Å². The summed E-state index contributed by atoms with van der Waals surface area (Å²) in [6.45, 7) is 2.97. The van der Waals surface area contributed by atoms with Gasteiger partial charge in [-0.3, -0.25) is 0 Å². The lowest BCUT2D eigenvalue weighted by Crippen LogP contribution is -2.21. The van der Waals surface area contributed by atoms with E-state index in [0.717, 1.165) is 30.8 Å². The van der Waals surface area contributed by atoms with Gasteiger partial charge in [-0.05, 0) is 56.2 Å². The van der Waals surface area contributed by atoms with E-state index in [9.17, 15) is 0 Å². The van der Waals surface area contributed by atoms with Gasteiger partial charge in [0.1, 0.15) is 5.75 Å². The van der Waals surface area contributed by atoms with E-state index in [-0.39, 0.29) is 6.04 Å². The summed E-state index contributed by atoms with van der Waals surface area (Å²) < 4.78 is 11.0. The van der Waals surface area contributed by atoms with Gasteiger partial charge in [0.05, 0.1) is 13.2 Å². The molecule has 0 amide bonds. The first kappa shape index (κ1) is 14.4. The average Bonchev–Trinajstić information content (AvgIpc) is 2.45. The highest BCUT2D eigenvalue weighted by Crippen LogP contribution is 2.25. The molecule has 0 aromatic heterocycles. The Morgan fingerprint density at radius 3 is 2.89 bits per heavy atom. The minimum absolute atomic E-state index is 0.0927. The Labute approximate surface area is 116 Å². The largest absolute Gasteiger partial charge is 0.496 e. The molecular weight excluding hydrogens is 238 g/mol. The maximum absolute atomic E-state index is 6.28. The summed E-state index contributed by atoms with van der Waals surface area (Å²) in [5.74, 6) is 0.923. The van der Waals surface area contributed by atoms with E-state index in [1.807, 2.05) is 6.07 Å². The molecule has 0 aliphatic carbocycles. The summed E-state index contributed by atoms with van der Waals surface area (Å²) in [6, 6.07) is 6.29. The van der Waals surface area contributed by atoms with Crippen molar-refractivity contribution in [3.8, 4) is 5.75 Å². The molecule has 0 spiro atoms. The number of benzene rings is 1. The van der Waals surface area contributed by atoms with Crippen molar-refractivity contribution in [3.63, 3.8) is 0 Å². The molecule has 2 unspecified atom stereocenters. The molecule has 2 rings (SSSR count). The Hall–Kier alpha value is -1.06. The summed E-state index contributed by atoms with van der Waals surface area (Å²) in [7, 11) is 1.70. The van der Waals surface area contributed by atoms with E-state index < -0.39 is 0 Å². The van der Waals surface area contributed by atoms with Gasteiger partial charge in [0.15, 0.2) is 0 Å². The van der Waals surface area contributed by atoms with Crippen LogP contribution >= 0.6 is 0 Å². The molecule has 1 aromatic rings. The molecule has 1 aliphatic heterocycles. The minimum atomic E-state index is 0.0927. The first-order valence-electron chi connectivity index (χ1n) is 7.22. The fourth-order valence-electron chi connectivity index (χ4n) is 2.70. The highest BCUT2D eigenvalue weighted by atomic mass is 16.5. The monoisotopic (exact) mass is 263 g/mol. The number of hydrogen-bond donors (Lipinski definition) is 1. The molecule has 3 heteroatoms. The molecule has 1 heterocycles. The van der Waals surface area contributed by atoms with Gasteiger partial charge in [-0.2, -0.15) is 0 Å². The average molecular weight is 263 g/mol. The van der Waals surface area contributed by atoms with E-state index in [1.165, 1.54) is 24.8 Å². The Balaban J connectivity index is 1.88. The van der Waals surface area contributed by atoms with Gasteiger partial charge in [0.25, 0.3) is 0 Å². The third-order valence-corrected chi connectivity index (χ3v) is 3.92. The molecule has 1 saturated heterocycles. The van der Waals surface area contributed by atoms with Crippen molar-refractivity contribution in [3.05, 3.63) is 29.3 Å². The van der Waals surface area contributed by atoms with Crippen LogP contribution in [0.5, 0.6) is 5.75 Å². The van der Waals surface area contributed by atoms with Gasteiger partial charge in [-0.15, -0.1) is 0 Å². The van der Waals surface area contributed by atoms with Crippen molar-refractivity contribution in [1.29, 1.82) is 0 Å². The lowest BCUT2D eigenvalue weighted by atomic mass is 9.97. The molecule has 2 atom stereocenters. The summed E-state index contributed by atoms with van der Waals surface area (Å²) in [6.07, 6.45) is 6.15. The second-order valence-corrected chi connectivity index (χ2v) is 5.40. The fraction of sp³-hybridized carbons (Fsp3) is 0.625. The van der Waals surface area contributed by atoms with Gasteiger partial charge in [0.2, 0.25) is 0 Å². The van der Waals surface area contributed by atoms with Crippen LogP contribution in [0, 0.1) is 6.92 Å². The number of methoxy groups -OCH3 is 1. The molecular formula is C16H25NO2. The van der Waals surface area contributed by atoms with Gasteiger partial charge in [-0.25, -0.2) is 0 Å². The van der Waals surface area contributed by atoms with Crippen molar-refractivity contribution in [1.82, 2.24) is 0 Å². The molecule has 0 saturated carbocycles. The first-order valence-corrected chi connectivity index (χ1v) is 7.22. The molecule has 0 bridgehead atoms. The number of nitrogens with two attached hydrogens (primary N) is 1. The molecule has 2 N–H and O–H groups in total. The molecule has 1 aromatic carbocycles. The predicted octanol–water partition coefficient (Wildman–Crippen LogP) is 3.35. The summed E-state index contributed by atoms with van der Waals surface area (Å²) in [5.41, 5.74) is 8.61.